The van der Waals surface area contributed by atoms with Crippen LogP contribution in [0.5, 0.6) is 0 Å². The van der Waals surface area contributed by atoms with Crippen LogP contribution in [0.2, 0.25) is 0 Å². The topological polar surface area (TPSA) is 42.7 Å². The van der Waals surface area contributed by atoms with Gasteiger partial charge in [-0.15, -0.1) is 0 Å². The Balaban J connectivity index is 1.49. The molecule has 4 nitrogen and oxygen atoms in total. The van der Waals surface area contributed by atoms with Crippen LogP contribution in [0.25, 0.3) is 0 Å². The van der Waals surface area contributed by atoms with E-state index < -0.39 is 0 Å². The van der Waals surface area contributed by atoms with E-state index in [1.807, 2.05) is 6.26 Å². The highest BCUT2D eigenvalue weighted by Gasteiger charge is 2.57. The van der Waals surface area contributed by atoms with E-state index in [0.29, 0.717) is 17.9 Å². The van der Waals surface area contributed by atoms with Crippen LogP contribution >= 0.6 is 0 Å². The lowest BCUT2D eigenvalue weighted by Crippen LogP contribution is -2.53. The Hall–Kier alpha value is -1.55. The standard InChI is InChI=1S/C28H43NO3/c1-20-10-13-25-27(3,15-8-16-28(25,4)26(30)31-5)23(20)12-11-22-14-18-32-24(22)19-29-17-7-6-9-21(29)2/h14,18,21,23,25H,1,6-13,15-17,19H2,2-5H3/t21-,23-,25+,27+,28-/m0/s1. The van der Waals surface area contributed by atoms with Crippen molar-refractivity contribution in [1.82, 2.24) is 4.90 Å². The minimum Gasteiger partial charge on any atom is -0.469 e. The molecule has 2 aliphatic carbocycles. The van der Waals surface area contributed by atoms with E-state index in [0.717, 1.165) is 50.8 Å². The van der Waals surface area contributed by atoms with E-state index >= 15 is 0 Å². The van der Waals surface area contributed by atoms with Crippen molar-refractivity contribution in [3.8, 4) is 0 Å². The second-order valence-electron chi connectivity index (χ2n) is 11.3. The fourth-order valence-electron chi connectivity index (χ4n) is 7.57. The van der Waals surface area contributed by atoms with Crippen molar-refractivity contribution in [3.05, 3.63) is 35.8 Å². The number of furan rings is 1. The average molecular weight is 442 g/mol. The van der Waals surface area contributed by atoms with Crippen LogP contribution in [0.1, 0.15) is 89.9 Å². The lowest BCUT2D eigenvalue weighted by Gasteiger charge is -2.57. The van der Waals surface area contributed by atoms with Crippen LogP contribution in [-0.4, -0.2) is 30.6 Å². The predicted octanol–water partition coefficient (Wildman–Crippen LogP) is 6.54. The third-order valence-corrected chi connectivity index (χ3v) is 9.50. The lowest BCUT2D eigenvalue weighted by atomic mass is 9.46. The number of hydrogen-bond acceptors (Lipinski definition) is 4. The SMILES string of the molecule is C=C1CC[C@@H]2[C@](C)(CCC[C@]2(C)C(=O)OC)[C@H]1CCc1ccoc1CN1CCCC[C@@H]1C. The maximum absolute atomic E-state index is 12.8. The molecule has 0 amide bonds. The van der Waals surface area contributed by atoms with E-state index in [2.05, 4.69) is 38.3 Å². The Bertz CT molecular complexity index is 828. The zero-order valence-electron chi connectivity index (χ0n) is 20.8. The van der Waals surface area contributed by atoms with Crippen LogP contribution in [0.15, 0.2) is 28.9 Å². The maximum Gasteiger partial charge on any atom is 0.311 e. The number of fused-ring (bicyclic) bond motifs is 1. The summed E-state index contributed by atoms with van der Waals surface area (Å²) in [6, 6.07) is 2.81. The number of carbonyl (C=O) groups is 1. The molecule has 2 saturated carbocycles. The highest BCUT2D eigenvalue weighted by Crippen LogP contribution is 2.62. The van der Waals surface area contributed by atoms with Gasteiger partial charge in [-0.25, -0.2) is 0 Å². The smallest absolute Gasteiger partial charge is 0.311 e. The molecule has 0 unspecified atom stereocenters. The summed E-state index contributed by atoms with van der Waals surface area (Å²) in [5.41, 5.74) is 2.48. The quantitative estimate of drug-likeness (QED) is 0.371. The van der Waals surface area contributed by atoms with Gasteiger partial charge in [0, 0.05) is 6.04 Å². The van der Waals surface area contributed by atoms with Gasteiger partial charge in [0.25, 0.3) is 0 Å². The highest BCUT2D eigenvalue weighted by molar-refractivity contribution is 5.77. The normalized spacial score (nSPS) is 36.0. The first-order valence-corrected chi connectivity index (χ1v) is 12.8. The Morgan fingerprint density at radius 1 is 1.25 bits per heavy atom. The van der Waals surface area contributed by atoms with E-state index in [1.165, 1.54) is 43.4 Å². The first kappa shape index (κ1) is 23.6. The van der Waals surface area contributed by atoms with Gasteiger partial charge in [0.1, 0.15) is 5.76 Å². The summed E-state index contributed by atoms with van der Waals surface area (Å²) < 4.78 is 11.3. The number of likely N-dealkylation sites (tertiary alicyclic amines) is 1. The maximum atomic E-state index is 12.8. The Kier molecular flexibility index (Phi) is 6.91. The van der Waals surface area contributed by atoms with Crippen LogP contribution in [0.4, 0.5) is 0 Å². The third kappa shape index (κ3) is 4.20. The molecular weight excluding hydrogens is 398 g/mol. The van der Waals surface area contributed by atoms with Gasteiger partial charge in [-0.3, -0.25) is 9.69 Å². The molecule has 0 aromatic carbocycles. The van der Waals surface area contributed by atoms with E-state index in [9.17, 15) is 4.79 Å². The van der Waals surface area contributed by atoms with Crippen molar-refractivity contribution in [2.24, 2.45) is 22.7 Å². The summed E-state index contributed by atoms with van der Waals surface area (Å²) in [5, 5.41) is 0. The van der Waals surface area contributed by atoms with Crippen LogP contribution < -0.4 is 0 Å². The number of hydrogen-bond donors (Lipinski definition) is 0. The highest BCUT2D eigenvalue weighted by atomic mass is 16.5. The number of methoxy groups -OCH3 is 1. The molecule has 1 aromatic rings. The van der Waals surface area contributed by atoms with Gasteiger partial charge in [-0.1, -0.05) is 31.9 Å². The van der Waals surface area contributed by atoms with Crippen molar-refractivity contribution < 1.29 is 13.9 Å². The zero-order valence-corrected chi connectivity index (χ0v) is 20.8. The molecule has 0 N–H and O–H groups in total. The summed E-state index contributed by atoms with van der Waals surface area (Å²) >= 11 is 0. The monoisotopic (exact) mass is 441 g/mol. The fraction of sp³-hybridized carbons (Fsp3) is 0.750. The number of piperidine rings is 1. The first-order chi connectivity index (χ1) is 15.3. The second-order valence-corrected chi connectivity index (χ2v) is 11.3. The molecule has 1 aliphatic heterocycles. The number of aryl methyl sites for hydroxylation is 1. The largest absolute Gasteiger partial charge is 0.469 e. The minimum absolute atomic E-state index is 0.0209. The first-order valence-electron chi connectivity index (χ1n) is 12.8. The van der Waals surface area contributed by atoms with Crippen LogP contribution in [0, 0.1) is 22.7 Å². The summed E-state index contributed by atoms with van der Waals surface area (Å²) in [5.74, 6) is 1.93. The molecule has 178 valence electrons. The van der Waals surface area contributed by atoms with Gasteiger partial charge in [0.05, 0.1) is 25.3 Å². The molecule has 3 fully saturated rings. The van der Waals surface area contributed by atoms with Gasteiger partial charge in [-0.05, 0) is 101 Å². The molecule has 1 saturated heterocycles. The molecule has 0 spiro atoms. The molecule has 32 heavy (non-hydrogen) atoms. The van der Waals surface area contributed by atoms with Crippen LogP contribution in [0.3, 0.4) is 0 Å². The van der Waals surface area contributed by atoms with Gasteiger partial charge >= 0.3 is 5.97 Å². The second kappa shape index (κ2) is 9.37. The average Bonchev–Trinajstić information content (AvgIpc) is 3.21. The van der Waals surface area contributed by atoms with Crippen molar-refractivity contribution in [2.45, 2.75) is 97.6 Å². The number of ether oxygens (including phenoxy) is 1. The molecule has 0 bridgehead atoms. The number of allylic oxidation sites excluding steroid dienone is 1. The van der Waals surface area contributed by atoms with E-state index in [4.69, 9.17) is 9.15 Å². The Labute approximate surface area is 194 Å². The van der Waals surface area contributed by atoms with Gasteiger partial charge in [-0.2, -0.15) is 0 Å². The summed E-state index contributed by atoms with van der Waals surface area (Å²) in [7, 11) is 1.54. The number of esters is 1. The Morgan fingerprint density at radius 3 is 2.81 bits per heavy atom. The summed E-state index contributed by atoms with van der Waals surface area (Å²) in [6.07, 6.45) is 13.2. The number of nitrogens with zero attached hydrogens (tertiary/aromatic N) is 1. The molecule has 1 aromatic heterocycles. The third-order valence-electron chi connectivity index (χ3n) is 9.50. The van der Waals surface area contributed by atoms with Crippen molar-refractivity contribution in [3.63, 3.8) is 0 Å². The van der Waals surface area contributed by atoms with Gasteiger partial charge in [0.2, 0.25) is 0 Å². The number of carbonyl (C=O) groups excluding carboxylic acids is 1. The zero-order chi connectivity index (χ0) is 22.9. The molecular formula is C28H43NO3. The fourth-order valence-corrected chi connectivity index (χ4v) is 7.57. The molecule has 5 atom stereocenters. The lowest BCUT2D eigenvalue weighted by molar-refractivity contribution is -0.168. The summed E-state index contributed by atoms with van der Waals surface area (Å²) in [4.78, 5) is 15.4. The van der Waals surface area contributed by atoms with Crippen molar-refractivity contribution >= 4 is 5.97 Å². The van der Waals surface area contributed by atoms with E-state index in [-0.39, 0.29) is 16.8 Å². The number of rotatable bonds is 6. The molecule has 0 radical (unpaired) electrons. The van der Waals surface area contributed by atoms with E-state index in [1.54, 1.807) is 7.11 Å². The van der Waals surface area contributed by atoms with Gasteiger partial charge < -0.3 is 9.15 Å². The molecule has 4 rings (SSSR count). The van der Waals surface area contributed by atoms with Crippen molar-refractivity contribution in [2.75, 3.05) is 13.7 Å². The summed E-state index contributed by atoms with van der Waals surface area (Å²) in [6.45, 7) is 13.5. The van der Waals surface area contributed by atoms with Gasteiger partial charge in [0.15, 0.2) is 0 Å². The predicted molar refractivity (Wildman–Crippen MR) is 128 cm³/mol. The molecule has 3 aliphatic rings. The molecule has 2 heterocycles. The minimum atomic E-state index is -0.369. The molecule has 4 heteroatoms. The Morgan fingerprint density at radius 2 is 2.06 bits per heavy atom. The van der Waals surface area contributed by atoms with Crippen molar-refractivity contribution in [1.29, 1.82) is 0 Å². The van der Waals surface area contributed by atoms with Crippen LogP contribution in [-0.2, 0) is 22.5 Å².